The van der Waals surface area contributed by atoms with E-state index in [0.717, 1.165) is 5.56 Å². The molecule has 90 valence electrons. The van der Waals surface area contributed by atoms with Crippen LogP contribution in [-0.4, -0.2) is 29.2 Å². The number of carbonyl (C=O) groups excluding carboxylic acids is 2. The molecule has 17 heavy (non-hydrogen) atoms. The molecule has 1 aromatic carbocycles. The number of rotatable bonds is 3. The first kappa shape index (κ1) is 11.8. The van der Waals surface area contributed by atoms with Crippen molar-refractivity contribution in [1.82, 2.24) is 4.90 Å². The molecule has 4 nitrogen and oxygen atoms in total. The molecular weight excluding hydrogens is 216 g/mol. The topological polar surface area (TPSA) is 63.4 Å². The first-order chi connectivity index (χ1) is 8.04. The lowest BCUT2D eigenvalue weighted by Crippen LogP contribution is -2.30. The lowest BCUT2D eigenvalue weighted by atomic mass is 10.0. The maximum atomic E-state index is 12.1. The van der Waals surface area contributed by atoms with Crippen LogP contribution in [0.1, 0.15) is 40.1 Å². The number of hydrogen-bond acceptors (Lipinski definition) is 3. The van der Waals surface area contributed by atoms with Crippen molar-refractivity contribution in [2.45, 2.75) is 26.4 Å². The van der Waals surface area contributed by atoms with Crippen LogP contribution in [0.3, 0.4) is 0 Å². The van der Waals surface area contributed by atoms with E-state index in [0.29, 0.717) is 17.7 Å². The van der Waals surface area contributed by atoms with E-state index in [9.17, 15) is 9.59 Å². The van der Waals surface area contributed by atoms with Crippen LogP contribution >= 0.6 is 0 Å². The van der Waals surface area contributed by atoms with Gasteiger partial charge in [0.1, 0.15) is 0 Å². The molecule has 0 unspecified atom stereocenters. The Kier molecular flexibility index (Phi) is 2.98. The van der Waals surface area contributed by atoms with E-state index >= 15 is 0 Å². The third kappa shape index (κ3) is 1.96. The van der Waals surface area contributed by atoms with E-state index in [1.54, 1.807) is 17.0 Å². The molecule has 0 bridgehead atoms. The van der Waals surface area contributed by atoms with Gasteiger partial charge in [-0.1, -0.05) is 12.1 Å². The fourth-order valence-corrected chi connectivity index (χ4v) is 2.03. The van der Waals surface area contributed by atoms with Gasteiger partial charge in [-0.15, -0.1) is 0 Å². The standard InChI is InChI=1S/C13H16N2O2/c1-8(2)15-7-10-4-3-9(12(16)6-14)5-11(10)13(15)17/h3-5,8H,6-7,14H2,1-2H3. The molecule has 0 saturated heterocycles. The number of carbonyl (C=O) groups is 2. The Labute approximate surface area is 100 Å². The van der Waals surface area contributed by atoms with Crippen LogP contribution in [-0.2, 0) is 6.54 Å². The van der Waals surface area contributed by atoms with Gasteiger partial charge in [-0.25, -0.2) is 0 Å². The Bertz CT molecular complexity index is 480. The zero-order chi connectivity index (χ0) is 12.6. The van der Waals surface area contributed by atoms with Crippen molar-refractivity contribution in [3.8, 4) is 0 Å². The Hall–Kier alpha value is -1.68. The molecule has 1 aliphatic heterocycles. The summed E-state index contributed by atoms with van der Waals surface area (Å²) in [6, 6.07) is 5.42. The van der Waals surface area contributed by atoms with Crippen molar-refractivity contribution in [1.29, 1.82) is 0 Å². The van der Waals surface area contributed by atoms with Gasteiger partial charge < -0.3 is 10.6 Å². The number of hydrogen-bond donors (Lipinski definition) is 1. The average molecular weight is 232 g/mol. The SMILES string of the molecule is CC(C)N1Cc2ccc(C(=O)CN)cc2C1=O. The van der Waals surface area contributed by atoms with Crippen LogP contribution in [0.5, 0.6) is 0 Å². The molecule has 0 atom stereocenters. The number of benzene rings is 1. The minimum absolute atomic E-state index is 0.00155. The van der Waals surface area contributed by atoms with Crippen molar-refractivity contribution >= 4 is 11.7 Å². The lowest BCUT2D eigenvalue weighted by molar-refractivity contribution is 0.0730. The summed E-state index contributed by atoms with van der Waals surface area (Å²) < 4.78 is 0. The molecular formula is C13H16N2O2. The van der Waals surface area contributed by atoms with Gasteiger partial charge in [-0.2, -0.15) is 0 Å². The zero-order valence-corrected chi connectivity index (χ0v) is 10.1. The van der Waals surface area contributed by atoms with Gasteiger partial charge in [0.2, 0.25) is 0 Å². The predicted molar refractivity (Wildman–Crippen MR) is 64.8 cm³/mol. The second kappa shape index (κ2) is 4.30. The lowest BCUT2D eigenvalue weighted by Gasteiger charge is -2.19. The summed E-state index contributed by atoms with van der Waals surface area (Å²) in [7, 11) is 0. The number of amides is 1. The highest BCUT2D eigenvalue weighted by atomic mass is 16.2. The summed E-state index contributed by atoms with van der Waals surface area (Å²) in [5, 5.41) is 0. The normalized spacial score (nSPS) is 14.4. The molecule has 2 N–H and O–H groups in total. The molecule has 0 radical (unpaired) electrons. The highest BCUT2D eigenvalue weighted by Gasteiger charge is 2.29. The van der Waals surface area contributed by atoms with Gasteiger partial charge in [0, 0.05) is 23.7 Å². The summed E-state index contributed by atoms with van der Waals surface area (Å²) in [5.41, 5.74) is 7.45. The smallest absolute Gasteiger partial charge is 0.254 e. The number of fused-ring (bicyclic) bond motifs is 1. The Balaban J connectivity index is 2.37. The third-order valence-corrected chi connectivity index (χ3v) is 3.07. The van der Waals surface area contributed by atoms with E-state index in [4.69, 9.17) is 5.73 Å². The number of Topliss-reactive ketones (excluding diaryl/α,β-unsaturated/α-hetero) is 1. The van der Waals surface area contributed by atoms with E-state index < -0.39 is 0 Å². The summed E-state index contributed by atoms with van der Waals surface area (Å²) >= 11 is 0. The predicted octanol–water partition coefficient (Wildman–Crippen LogP) is 1.19. The van der Waals surface area contributed by atoms with Crippen LogP contribution in [0.4, 0.5) is 0 Å². The summed E-state index contributed by atoms with van der Waals surface area (Å²) in [6.07, 6.45) is 0. The van der Waals surface area contributed by atoms with Gasteiger partial charge in [0.15, 0.2) is 5.78 Å². The van der Waals surface area contributed by atoms with Gasteiger partial charge in [-0.05, 0) is 25.5 Å². The van der Waals surface area contributed by atoms with E-state index in [1.165, 1.54) is 0 Å². The molecule has 2 rings (SSSR count). The Morgan fingerprint density at radius 1 is 1.47 bits per heavy atom. The Morgan fingerprint density at radius 3 is 2.76 bits per heavy atom. The van der Waals surface area contributed by atoms with E-state index in [2.05, 4.69) is 0 Å². The van der Waals surface area contributed by atoms with Crippen molar-refractivity contribution < 1.29 is 9.59 Å². The molecule has 1 heterocycles. The van der Waals surface area contributed by atoms with Crippen molar-refractivity contribution in [3.05, 3.63) is 34.9 Å². The van der Waals surface area contributed by atoms with Crippen molar-refractivity contribution in [3.63, 3.8) is 0 Å². The molecule has 0 saturated carbocycles. The molecule has 1 amide bonds. The van der Waals surface area contributed by atoms with E-state index in [1.807, 2.05) is 19.9 Å². The molecule has 0 spiro atoms. The number of ketones is 1. The molecule has 0 aliphatic carbocycles. The fourth-order valence-electron chi connectivity index (χ4n) is 2.03. The maximum absolute atomic E-state index is 12.1. The van der Waals surface area contributed by atoms with Gasteiger partial charge in [0.05, 0.1) is 6.54 Å². The quantitative estimate of drug-likeness (QED) is 0.796. The first-order valence-electron chi connectivity index (χ1n) is 5.71. The highest BCUT2D eigenvalue weighted by Crippen LogP contribution is 2.25. The second-order valence-electron chi connectivity index (χ2n) is 4.53. The van der Waals surface area contributed by atoms with Crippen molar-refractivity contribution in [2.75, 3.05) is 6.54 Å². The van der Waals surface area contributed by atoms with Crippen LogP contribution in [0, 0.1) is 0 Å². The number of nitrogens with two attached hydrogens (primary N) is 1. The monoisotopic (exact) mass is 232 g/mol. The van der Waals surface area contributed by atoms with Crippen LogP contribution in [0.2, 0.25) is 0 Å². The molecule has 0 aromatic heterocycles. The van der Waals surface area contributed by atoms with Crippen molar-refractivity contribution in [2.24, 2.45) is 5.73 Å². The van der Waals surface area contributed by atoms with Gasteiger partial charge in [0.25, 0.3) is 5.91 Å². The maximum Gasteiger partial charge on any atom is 0.254 e. The van der Waals surface area contributed by atoms with Gasteiger partial charge >= 0.3 is 0 Å². The summed E-state index contributed by atoms with van der Waals surface area (Å²) in [5.74, 6) is -0.134. The summed E-state index contributed by atoms with van der Waals surface area (Å²) in [4.78, 5) is 25.4. The fraction of sp³-hybridized carbons (Fsp3) is 0.385. The third-order valence-electron chi connectivity index (χ3n) is 3.07. The first-order valence-corrected chi connectivity index (χ1v) is 5.71. The van der Waals surface area contributed by atoms with E-state index in [-0.39, 0.29) is 24.3 Å². The largest absolute Gasteiger partial charge is 0.332 e. The minimum Gasteiger partial charge on any atom is -0.332 e. The van der Waals surface area contributed by atoms with Crippen LogP contribution < -0.4 is 5.73 Å². The zero-order valence-electron chi connectivity index (χ0n) is 10.1. The average Bonchev–Trinajstić information content (AvgIpc) is 2.65. The molecule has 4 heteroatoms. The minimum atomic E-state index is -0.136. The molecule has 1 aliphatic rings. The molecule has 0 fully saturated rings. The highest BCUT2D eigenvalue weighted by molar-refractivity contribution is 6.03. The molecule has 1 aromatic rings. The summed E-state index contributed by atoms with van der Waals surface area (Å²) in [6.45, 7) is 4.56. The van der Waals surface area contributed by atoms with Gasteiger partial charge in [-0.3, -0.25) is 9.59 Å². The van der Waals surface area contributed by atoms with Crippen LogP contribution in [0.15, 0.2) is 18.2 Å². The van der Waals surface area contributed by atoms with Crippen LogP contribution in [0.25, 0.3) is 0 Å². The second-order valence-corrected chi connectivity index (χ2v) is 4.53. The number of nitrogens with zero attached hydrogens (tertiary/aromatic N) is 1. The Morgan fingerprint density at radius 2 is 2.18 bits per heavy atom.